The maximum absolute atomic E-state index is 13.0. The smallest absolute Gasteiger partial charge is 0.279 e. The van der Waals surface area contributed by atoms with E-state index >= 15 is 0 Å². The van der Waals surface area contributed by atoms with Crippen LogP contribution in [0.15, 0.2) is 53.0 Å². The Morgan fingerprint density at radius 1 is 1.13 bits per heavy atom. The second-order valence-electron chi connectivity index (χ2n) is 6.44. The number of azo groups is 1. The lowest BCUT2D eigenvalue weighted by Crippen LogP contribution is -2.41. The molecule has 0 unspecified atom stereocenters. The van der Waals surface area contributed by atoms with Crippen molar-refractivity contribution in [3.8, 4) is 0 Å². The number of nitro groups is 1. The molecule has 0 saturated heterocycles. The van der Waals surface area contributed by atoms with Crippen LogP contribution in [0.4, 0.5) is 33.5 Å². The Balaban J connectivity index is 1.80. The van der Waals surface area contributed by atoms with E-state index < -0.39 is 16.9 Å². The summed E-state index contributed by atoms with van der Waals surface area (Å²) >= 11 is 6.07. The van der Waals surface area contributed by atoms with Crippen molar-refractivity contribution >= 4 is 52.2 Å². The van der Waals surface area contributed by atoms with Crippen LogP contribution < -0.4 is 9.80 Å². The fraction of sp³-hybridized carbons (Fsp3) is 0.111. The number of pyridine rings is 1. The second-order valence-corrected chi connectivity index (χ2v) is 6.85. The van der Waals surface area contributed by atoms with Gasteiger partial charge in [-0.2, -0.15) is 4.68 Å². The number of urea groups is 1. The molecule has 12 nitrogen and oxygen atoms in total. The molecule has 13 heteroatoms. The number of nitrogens with zero attached hydrogens (tertiary/aromatic N) is 8. The van der Waals surface area contributed by atoms with Gasteiger partial charge in [-0.05, 0) is 18.2 Å². The number of anilines is 2. The number of hydrogen-bond donors (Lipinski definition) is 0. The zero-order valence-corrected chi connectivity index (χ0v) is 16.9. The Kier molecular flexibility index (Phi) is 4.91. The van der Waals surface area contributed by atoms with Crippen molar-refractivity contribution in [2.75, 3.05) is 23.9 Å². The normalized spacial score (nSPS) is 13.2. The number of benzene rings is 1. The molecule has 1 aliphatic heterocycles. The van der Waals surface area contributed by atoms with E-state index in [1.165, 1.54) is 60.6 Å². The monoisotopic (exact) mass is 440 g/mol. The second kappa shape index (κ2) is 7.57. The fourth-order valence-corrected chi connectivity index (χ4v) is 3.18. The van der Waals surface area contributed by atoms with E-state index in [-0.39, 0.29) is 33.7 Å². The molecule has 31 heavy (non-hydrogen) atoms. The first-order valence-electron chi connectivity index (χ1n) is 8.74. The van der Waals surface area contributed by atoms with Crippen molar-refractivity contribution in [3.05, 3.63) is 63.4 Å². The number of aromatic nitrogens is 3. The van der Waals surface area contributed by atoms with Crippen molar-refractivity contribution < 1.29 is 14.5 Å². The molecule has 0 atom stereocenters. The number of non-ortho nitro benzene ring substituents is 1. The fourth-order valence-electron chi connectivity index (χ4n) is 2.96. The van der Waals surface area contributed by atoms with E-state index in [1.807, 2.05) is 0 Å². The number of fused-ring (bicyclic) bond motifs is 2. The Hall–Kier alpha value is -4.19. The highest BCUT2D eigenvalue weighted by Crippen LogP contribution is 2.43. The summed E-state index contributed by atoms with van der Waals surface area (Å²) < 4.78 is 1.07. The molecule has 2 bridgehead atoms. The first-order valence-corrected chi connectivity index (χ1v) is 9.12. The van der Waals surface area contributed by atoms with Crippen molar-refractivity contribution in [1.82, 2.24) is 14.8 Å². The molecule has 0 radical (unpaired) electrons. The Morgan fingerprint density at radius 2 is 1.84 bits per heavy atom. The van der Waals surface area contributed by atoms with Crippen LogP contribution in [-0.4, -0.2) is 45.7 Å². The molecule has 0 fully saturated rings. The number of hydrogen-bond acceptors (Lipinski definition) is 8. The van der Waals surface area contributed by atoms with Gasteiger partial charge in [0.25, 0.3) is 11.6 Å². The Labute approximate surface area is 179 Å². The van der Waals surface area contributed by atoms with Crippen LogP contribution in [-0.2, 0) is 0 Å². The topological polar surface area (TPSA) is 139 Å². The summed E-state index contributed by atoms with van der Waals surface area (Å²) in [6, 6.07) is 6.38. The lowest BCUT2D eigenvalue weighted by Gasteiger charge is -2.26. The minimum absolute atomic E-state index is 0.0242. The zero-order chi connectivity index (χ0) is 22.3. The van der Waals surface area contributed by atoms with E-state index in [1.54, 1.807) is 0 Å². The highest BCUT2D eigenvalue weighted by atomic mass is 35.5. The van der Waals surface area contributed by atoms with Gasteiger partial charge in [0.05, 0.1) is 9.95 Å². The van der Waals surface area contributed by atoms with Gasteiger partial charge in [-0.1, -0.05) is 11.6 Å². The number of nitro benzene ring substituents is 1. The van der Waals surface area contributed by atoms with Crippen LogP contribution in [0.5, 0.6) is 0 Å². The van der Waals surface area contributed by atoms with Gasteiger partial charge in [0.15, 0.2) is 17.3 Å². The average molecular weight is 441 g/mol. The van der Waals surface area contributed by atoms with Gasteiger partial charge in [-0.25, -0.2) is 4.79 Å². The van der Waals surface area contributed by atoms with Gasteiger partial charge in [0.1, 0.15) is 5.69 Å². The van der Waals surface area contributed by atoms with E-state index in [2.05, 4.69) is 20.3 Å². The molecule has 3 aromatic rings. The molecule has 2 amide bonds. The summed E-state index contributed by atoms with van der Waals surface area (Å²) in [7, 11) is 2.97. The number of amides is 2. The third-order valence-electron chi connectivity index (χ3n) is 4.55. The van der Waals surface area contributed by atoms with E-state index in [4.69, 9.17) is 11.6 Å². The lowest BCUT2D eigenvalue weighted by molar-refractivity contribution is -0.384. The first kappa shape index (κ1) is 20.1. The van der Waals surface area contributed by atoms with Gasteiger partial charge < -0.3 is 0 Å². The van der Waals surface area contributed by atoms with Gasteiger partial charge in [-0.15, -0.1) is 15.3 Å². The minimum Gasteiger partial charge on any atom is -0.279 e. The zero-order valence-electron chi connectivity index (χ0n) is 16.1. The Bertz CT molecular complexity index is 1260. The summed E-state index contributed by atoms with van der Waals surface area (Å²) in [6.45, 7) is 0. The SMILES string of the molecule is CN1C(=O)N(C)c2c(N=Nc3ccc([N+](=O)[O-])cc3Cl)c1nn2C(=O)c1ccncc1. The van der Waals surface area contributed by atoms with E-state index in [9.17, 15) is 19.7 Å². The van der Waals surface area contributed by atoms with E-state index in [0.717, 1.165) is 10.7 Å². The molecule has 4 rings (SSSR count). The molecular weight excluding hydrogens is 428 g/mol. The molecule has 0 saturated carbocycles. The van der Waals surface area contributed by atoms with Crippen molar-refractivity contribution in [2.24, 2.45) is 10.2 Å². The van der Waals surface area contributed by atoms with Gasteiger partial charge in [0, 0.05) is 44.2 Å². The predicted molar refractivity (Wildman–Crippen MR) is 111 cm³/mol. The maximum Gasteiger partial charge on any atom is 0.330 e. The summed E-state index contributed by atoms with van der Waals surface area (Å²) in [5, 5.41) is 23.4. The predicted octanol–water partition coefficient (Wildman–Crippen LogP) is 3.95. The standard InChI is InChI=1S/C18H13ClN8O4/c1-24-15-14(22-21-13-4-3-11(27(30)31)9-12(13)19)16(25(2)18(24)29)26(23-15)17(28)10-5-7-20-8-6-10/h3-9H,1-2H3. The number of carbonyl (C=O) groups is 2. The first-order chi connectivity index (χ1) is 14.8. The molecule has 1 aliphatic rings. The number of rotatable bonds is 4. The van der Waals surface area contributed by atoms with Crippen molar-refractivity contribution in [2.45, 2.75) is 0 Å². The van der Waals surface area contributed by atoms with Gasteiger partial charge in [0.2, 0.25) is 0 Å². The third kappa shape index (κ3) is 3.38. The molecule has 0 aliphatic carbocycles. The van der Waals surface area contributed by atoms with Gasteiger partial charge >= 0.3 is 6.03 Å². The highest BCUT2D eigenvalue weighted by Gasteiger charge is 2.37. The quantitative estimate of drug-likeness (QED) is 0.342. The molecule has 156 valence electrons. The highest BCUT2D eigenvalue weighted by molar-refractivity contribution is 6.33. The maximum atomic E-state index is 13.0. The summed E-state index contributed by atoms with van der Waals surface area (Å²) in [5.74, 6) is -0.229. The lowest BCUT2D eigenvalue weighted by atomic mass is 10.2. The molecule has 0 N–H and O–H groups in total. The number of carbonyl (C=O) groups excluding carboxylic acids is 2. The van der Waals surface area contributed by atoms with E-state index in [0.29, 0.717) is 5.56 Å². The van der Waals surface area contributed by atoms with Crippen LogP contribution in [0.3, 0.4) is 0 Å². The largest absolute Gasteiger partial charge is 0.330 e. The summed E-state index contributed by atoms with van der Waals surface area (Å²) in [4.78, 5) is 42.1. The van der Waals surface area contributed by atoms with Crippen molar-refractivity contribution in [1.29, 1.82) is 0 Å². The summed E-state index contributed by atoms with van der Waals surface area (Å²) in [6.07, 6.45) is 2.93. The summed E-state index contributed by atoms with van der Waals surface area (Å²) in [5.41, 5.74) is 0.473. The molecule has 3 heterocycles. The van der Waals surface area contributed by atoms with Gasteiger partial charge in [-0.3, -0.25) is 29.7 Å². The Morgan fingerprint density at radius 3 is 2.48 bits per heavy atom. The molecule has 2 aromatic heterocycles. The van der Waals surface area contributed by atoms with Crippen LogP contribution in [0.25, 0.3) is 0 Å². The van der Waals surface area contributed by atoms with Crippen LogP contribution in [0, 0.1) is 10.1 Å². The van der Waals surface area contributed by atoms with Crippen LogP contribution in [0.1, 0.15) is 10.4 Å². The molecular formula is C18H13ClN8O4. The van der Waals surface area contributed by atoms with Crippen molar-refractivity contribution in [3.63, 3.8) is 0 Å². The number of halogens is 1. The molecule has 0 spiro atoms. The minimum atomic E-state index is -0.578. The third-order valence-corrected chi connectivity index (χ3v) is 4.85. The van der Waals surface area contributed by atoms with Crippen LogP contribution >= 0.6 is 11.6 Å². The van der Waals surface area contributed by atoms with Crippen LogP contribution in [0.2, 0.25) is 5.02 Å². The molecule has 1 aromatic carbocycles. The average Bonchev–Trinajstić information content (AvgIpc) is 3.11.